The van der Waals surface area contributed by atoms with E-state index < -0.39 is 0 Å². The summed E-state index contributed by atoms with van der Waals surface area (Å²) in [4.78, 5) is 4.12. The Morgan fingerprint density at radius 3 is 2.73 bits per heavy atom. The first kappa shape index (κ1) is 10.4. The van der Waals surface area contributed by atoms with Crippen molar-refractivity contribution in [1.29, 1.82) is 5.26 Å². The average molecular weight is 255 g/mol. The molecule has 0 unspecified atom stereocenters. The number of aromatic nitrogens is 1. The molecule has 15 heavy (non-hydrogen) atoms. The largest absolute Gasteiger partial charge is 0.225 e. The standard InChI is InChI=1S/C10H4Cl2N2S/c11-6-1-2-8(9(12)3-6)10-14-7(4-13)5-15-10/h1-3,5H. The summed E-state index contributed by atoms with van der Waals surface area (Å²) in [6.45, 7) is 0. The van der Waals surface area contributed by atoms with E-state index >= 15 is 0 Å². The smallest absolute Gasteiger partial charge is 0.152 e. The normalized spacial score (nSPS) is 9.93. The fraction of sp³-hybridized carbons (Fsp3) is 0. The van der Waals surface area contributed by atoms with Gasteiger partial charge in [-0.25, -0.2) is 4.98 Å². The van der Waals surface area contributed by atoms with E-state index in [2.05, 4.69) is 4.98 Å². The number of halogens is 2. The zero-order valence-corrected chi connectivity index (χ0v) is 9.70. The van der Waals surface area contributed by atoms with Crippen LogP contribution in [0.5, 0.6) is 0 Å². The van der Waals surface area contributed by atoms with Gasteiger partial charge in [-0.2, -0.15) is 5.26 Å². The zero-order valence-electron chi connectivity index (χ0n) is 7.37. The Kier molecular flexibility index (Phi) is 2.92. The molecule has 0 bridgehead atoms. The Morgan fingerprint density at radius 1 is 1.33 bits per heavy atom. The third kappa shape index (κ3) is 2.13. The van der Waals surface area contributed by atoms with Gasteiger partial charge in [-0.15, -0.1) is 11.3 Å². The Bertz CT molecular complexity index is 543. The second-order valence-corrected chi connectivity index (χ2v) is 4.48. The molecule has 74 valence electrons. The first-order valence-electron chi connectivity index (χ1n) is 4.02. The van der Waals surface area contributed by atoms with Crippen LogP contribution in [0.4, 0.5) is 0 Å². The number of nitrogens with zero attached hydrogens (tertiary/aromatic N) is 2. The minimum absolute atomic E-state index is 0.404. The molecule has 0 N–H and O–H groups in total. The maximum absolute atomic E-state index is 8.65. The van der Waals surface area contributed by atoms with Gasteiger partial charge in [0.25, 0.3) is 0 Å². The van der Waals surface area contributed by atoms with Crippen molar-refractivity contribution in [1.82, 2.24) is 4.98 Å². The summed E-state index contributed by atoms with van der Waals surface area (Å²) in [6, 6.07) is 7.18. The van der Waals surface area contributed by atoms with E-state index in [1.807, 2.05) is 6.07 Å². The average Bonchev–Trinajstić information content (AvgIpc) is 2.66. The molecule has 0 aliphatic heterocycles. The molecule has 2 aromatic rings. The monoisotopic (exact) mass is 254 g/mol. The summed E-state index contributed by atoms with van der Waals surface area (Å²) in [5.74, 6) is 0. The Balaban J connectivity index is 2.50. The maximum Gasteiger partial charge on any atom is 0.152 e. The Morgan fingerprint density at radius 2 is 2.13 bits per heavy atom. The lowest BCUT2D eigenvalue weighted by molar-refractivity contribution is 1.33. The SMILES string of the molecule is N#Cc1csc(-c2ccc(Cl)cc2Cl)n1. The van der Waals surface area contributed by atoms with Gasteiger partial charge in [-0.1, -0.05) is 23.2 Å². The fourth-order valence-electron chi connectivity index (χ4n) is 1.11. The third-order valence-corrected chi connectivity index (χ3v) is 3.20. The highest BCUT2D eigenvalue weighted by atomic mass is 35.5. The van der Waals surface area contributed by atoms with Crippen LogP contribution >= 0.6 is 34.5 Å². The summed E-state index contributed by atoms with van der Waals surface area (Å²) in [5, 5.41) is 12.2. The molecule has 1 aromatic carbocycles. The van der Waals surface area contributed by atoms with Crippen molar-refractivity contribution in [3.63, 3.8) is 0 Å². The lowest BCUT2D eigenvalue weighted by Gasteiger charge is -1.99. The molecule has 0 amide bonds. The van der Waals surface area contributed by atoms with E-state index in [0.29, 0.717) is 15.7 Å². The molecule has 0 atom stereocenters. The molecule has 0 aliphatic rings. The predicted molar refractivity (Wildman–Crippen MR) is 62.3 cm³/mol. The van der Waals surface area contributed by atoms with Gasteiger partial charge in [-0.05, 0) is 18.2 Å². The van der Waals surface area contributed by atoms with Crippen molar-refractivity contribution in [3.8, 4) is 16.6 Å². The summed E-state index contributed by atoms with van der Waals surface area (Å²) < 4.78 is 0. The predicted octanol–water partition coefficient (Wildman–Crippen LogP) is 3.99. The molecule has 1 heterocycles. The van der Waals surface area contributed by atoms with Gasteiger partial charge < -0.3 is 0 Å². The lowest BCUT2D eigenvalue weighted by atomic mass is 10.2. The van der Waals surface area contributed by atoms with Crippen LogP contribution in [0.2, 0.25) is 10.0 Å². The van der Waals surface area contributed by atoms with Crippen molar-refractivity contribution in [2.45, 2.75) is 0 Å². The van der Waals surface area contributed by atoms with Gasteiger partial charge in [0.1, 0.15) is 11.1 Å². The van der Waals surface area contributed by atoms with E-state index in [9.17, 15) is 0 Å². The second-order valence-electron chi connectivity index (χ2n) is 2.77. The Hall–Kier alpha value is -1.08. The molecule has 1 aromatic heterocycles. The number of nitriles is 1. The first-order valence-corrected chi connectivity index (χ1v) is 5.65. The lowest BCUT2D eigenvalue weighted by Crippen LogP contribution is -1.79. The molecular weight excluding hydrogens is 251 g/mol. The summed E-state index contributed by atoms with van der Waals surface area (Å²) in [6.07, 6.45) is 0. The molecule has 0 saturated heterocycles. The number of rotatable bonds is 1. The van der Waals surface area contributed by atoms with Crippen molar-refractivity contribution >= 4 is 34.5 Å². The minimum Gasteiger partial charge on any atom is -0.225 e. The molecule has 5 heteroatoms. The minimum atomic E-state index is 0.404. The van der Waals surface area contributed by atoms with E-state index in [1.165, 1.54) is 11.3 Å². The molecule has 0 radical (unpaired) electrons. The number of benzene rings is 1. The highest BCUT2D eigenvalue weighted by Gasteiger charge is 2.08. The molecular formula is C10H4Cl2N2S. The first-order chi connectivity index (χ1) is 7.20. The maximum atomic E-state index is 8.65. The van der Waals surface area contributed by atoms with E-state index in [0.717, 1.165) is 10.6 Å². The molecule has 2 rings (SSSR count). The van der Waals surface area contributed by atoms with E-state index in [4.69, 9.17) is 28.5 Å². The van der Waals surface area contributed by atoms with Crippen LogP contribution in [0, 0.1) is 11.3 Å². The molecule has 0 aliphatic carbocycles. The van der Waals surface area contributed by atoms with Gasteiger partial charge in [-0.3, -0.25) is 0 Å². The van der Waals surface area contributed by atoms with Gasteiger partial charge in [0.2, 0.25) is 0 Å². The summed E-state index contributed by atoms with van der Waals surface area (Å²) in [5.41, 5.74) is 1.20. The van der Waals surface area contributed by atoms with Crippen molar-refractivity contribution < 1.29 is 0 Å². The Labute approximate surface area is 101 Å². The van der Waals surface area contributed by atoms with Crippen LogP contribution in [0.3, 0.4) is 0 Å². The van der Waals surface area contributed by atoms with Gasteiger partial charge in [0.15, 0.2) is 5.69 Å². The van der Waals surface area contributed by atoms with Crippen molar-refractivity contribution in [2.75, 3.05) is 0 Å². The van der Waals surface area contributed by atoms with Gasteiger partial charge >= 0.3 is 0 Å². The molecule has 0 fully saturated rings. The van der Waals surface area contributed by atoms with Crippen molar-refractivity contribution in [2.24, 2.45) is 0 Å². The fourth-order valence-corrected chi connectivity index (χ4v) is 2.45. The highest BCUT2D eigenvalue weighted by Crippen LogP contribution is 2.32. The van der Waals surface area contributed by atoms with Gasteiger partial charge in [0, 0.05) is 16.0 Å². The van der Waals surface area contributed by atoms with E-state index in [-0.39, 0.29) is 0 Å². The van der Waals surface area contributed by atoms with Crippen LogP contribution in [-0.2, 0) is 0 Å². The molecule has 0 saturated carbocycles. The molecule has 0 spiro atoms. The second kappa shape index (κ2) is 4.19. The highest BCUT2D eigenvalue weighted by molar-refractivity contribution is 7.13. The molecule has 2 nitrogen and oxygen atoms in total. The zero-order chi connectivity index (χ0) is 10.8. The van der Waals surface area contributed by atoms with Crippen LogP contribution < -0.4 is 0 Å². The number of thiazole rings is 1. The summed E-state index contributed by atoms with van der Waals surface area (Å²) >= 11 is 13.2. The summed E-state index contributed by atoms with van der Waals surface area (Å²) in [7, 11) is 0. The quantitative estimate of drug-likeness (QED) is 0.772. The third-order valence-electron chi connectivity index (χ3n) is 1.78. The van der Waals surface area contributed by atoms with Crippen LogP contribution in [0.1, 0.15) is 5.69 Å². The topological polar surface area (TPSA) is 36.7 Å². The number of hydrogen-bond acceptors (Lipinski definition) is 3. The number of hydrogen-bond donors (Lipinski definition) is 0. The van der Waals surface area contributed by atoms with Crippen LogP contribution in [0.25, 0.3) is 10.6 Å². The van der Waals surface area contributed by atoms with E-state index in [1.54, 1.807) is 23.6 Å². The van der Waals surface area contributed by atoms with Gasteiger partial charge in [0.05, 0.1) is 5.02 Å². The van der Waals surface area contributed by atoms with Crippen LogP contribution in [0.15, 0.2) is 23.6 Å². The van der Waals surface area contributed by atoms with Crippen molar-refractivity contribution in [3.05, 3.63) is 39.3 Å². The van der Waals surface area contributed by atoms with Crippen LogP contribution in [-0.4, -0.2) is 4.98 Å².